The second-order valence-electron chi connectivity index (χ2n) is 6.53. The van der Waals surface area contributed by atoms with Crippen LogP contribution < -0.4 is 10.6 Å². The maximum absolute atomic E-state index is 12.1. The Bertz CT molecular complexity index is 1240. The number of amides is 1. The van der Waals surface area contributed by atoms with Crippen LogP contribution >= 0.6 is 28.1 Å². The molecule has 0 aliphatic rings. The Kier molecular flexibility index (Phi) is 5.78. The van der Waals surface area contributed by atoms with Crippen LogP contribution in [0.25, 0.3) is 22.6 Å². The minimum absolute atomic E-state index is 0.143. The molecule has 150 valence electrons. The van der Waals surface area contributed by atoms with E-state index >= 15 is 0 Å². The monoisotopic (exact) mass is 481 g/mol. The fraction of sp³-hybridized carbons (Fsp3) is 0.0455. The minimum Gasteiger partial charge on any atom is -0.507 e. The molecule has 0 saturated heterocycles. The van der Waals surface area contributed by atoms with E-state index < -0.39 is 0 Å². The largest absolute Gasteiger partial charge is 0.507 e. The van der Waals surface area contributed by atoms with Crippen LogP contribution in [0.2, 0.25) is 0 Å². The molecule has 8 heteroatoms. The molecule has 0 saturated carbocycles. The van der Waals surface area contributed by atoms with Gasteiger partial charge in [0.05, 0.1) is 10.9 Å². The second kappa shape index (κ2) is 8.64. The molecule has 0 radical (unpaired) electrons. The van der Waals surface area contributed by atoms with Crippen molar-refractivity contribution in [3.8, 4) is 17.2 Å². The van der Waals surface area contributed by atoms with E-state index in [1.807, 2.05) is 30.3 Å². The number of phenols is 1. The maximum atomic E-state index is 12.1. The summed E-state index contributed by atoms with van der Waals surface area (Å²) in [7, 11) is 0. The van der Waals surface area contributed by atoms with E-state index in [4.69, 9.17) is 16.6 Å². The Hall–Kier alpha value is -3.23. The zero-order valence-corrected chi connectivity index (χ0v) is 18.0. The molecule has 4 rings (SSSR count). The molecule has 6 nitrogen and oxygen atoms in total. The zero-order chi connectivity index (χ0) is 21.1. The first-order chi connectivity index (χ1) is 14.5. The fourth-order valence-corrected chi connectivity index (χ4v) is 3.49. The summed E-state index contributed by atoms with van der Waals surface area (Å²) in [6.45, 7) is 0. The summed E-state index contributed by atoms with van der Waals surface area (Å²) < 4.78 is 6.35. The number of aromatic hydroxyl groups is 1. The Labute approximate surface area is 186 Å². The molecule has 3 N–H and O–H groups in total. The zero-order valence-electron chi connectivity index (χ0n) is 15.6. The van der Waals surface area contributed by atoms with Crippen molar-refractivity contribution in [3.63, 3.8) is 0 Å². The van der Waals surface area contributed by atoms with Crippen LogP contribution in [0.4, 0.5) is 5.69 Å². The Morgan fingerprint density at radius 2 is 1.90 bits per heavy atom. The number of nitrogens with zero attached hydrogens (tertiary/aromatic N) is 1. The smallest absolute Gasteiger partial charge is 0.230 e. The molecule has 1 amide bonds. The lowest BCUT2D eigenvalue weighted by atomic mass is 10.1. The average molecular weight is 482 g/mol. The number of benzene rings is 3. The highest BCUT2D eigenvalue weighted by atomic mass is 79.9. The van der Waals surface area contributed by atoms with E-state index in [1.165, 1.54) is 0 Å². The van der Waals surface area contributed by atoms with E-state index in [1.54, 1.807) is 36.4 Å². The molecule has 1 heterocycles. The molecular weight excluding hydrogens is 466 g/mol. The van der Waals surface area contributed by atoms with Crippen LogP contribution in [-0.4, -0.2) is 21.1 Å². The van der Waals surface area contributed by atoms with E-state index in [0.29, 0.717) is 27.2 Å². The molecule has 0 unspecified atom stereocenters. The number of rotatable bonds is 4. The lowest BCUT2D eigenvalue weighted by molar-refractivity contribution is -0.119. The average Bonchev–Trinajstić information content (AvgIpc) is 3.14. The molecule has 1 aromatic heterocycles. The van der Waals surface area contributed by atoms with Crippen molar-refractivity contribution in [1.29, 1.82) is 0 Å². The van der Waals surface area contributed by atoms with Gasteiger partial charge in [-0.15, -0.1) is 0 Å². The van der Waals surface area contributed by atoms with E-state index in [9.17, 15) is 9.90 Å². The van der Waals surface area contributed by atoms with Crippen molar-refractivity contribution in [2.24, 2.45) is 0 Å². The lowest BCUT2D eigenvalue weighted by Crippen LogP contribution is -2.35. The number of carbonyl (C=O) groups is 1. The number of nitrogens with one attached hydrogen (secondary N) is 2. The van der Waals surface area contributed by atoms with Crippen molar-refractivity contribution < 1.29 is 14.3 Å². The Morgan fingerprint density at radius 3 is 2.67 bits per heavy atom. The molecule has 0 aliphatic heterocycles. The number of phenolic OH excluding ortho intramolecular Hbond substituents is 1. The van der Waals surface area contributed by atoms with Crippen molar-refractivity contribution in [1.82, 2.24) is 10.3 Å². The molecule has 0 spiro atoms. The van der Waals surface area contributed by atoms with Gasteiger partial charge in [-0.3, -0.25) is 4.79 Å². The second-order valence-corrected chi connectivity index (χ2v) is 7.79. The van der Waals surface area contributed by atoms with Gasteiger partial charge in [-0.2, -0.15) is 0 Å². The highest BCUT2D eigenvalue weighted by Gasteiger charge is 2.12. The van der Waals surface area contributed by atoms with Crippen molar-refractivity contribution in [2.45, 2.75) is 6.42 Å². The van der Waals surface area contributed by atoms with Crippen LogP contribution in [-0.2, 0) is 11.2 Å². The standard InChI is InChI=1S/C22H16BrN3O3S/c23-16-11-14(6-8-18(16)27)21-25-17-12-15(7-9-19(17)29-21)24-22(30)26-20(28)10-13-4-2-1-3-5-13/h1-9,11-12,27H,10H2,(H2,24,26,28,30). The highest BCUT2D eigenvalue weighted by molar-refractivity contribution is 9.10. The molecule has 0 aliphatic carbocycles. The van der Waals surface area contributed by atoms with Crippen molar-refractivity contribution in [2.75, 3.05) is 5.32 Å². The third-order valence-corrected chi connectivity index (χ3v) is 5.14. The predicted octanol–water partition coefficient (Wildman–Crippen LogP) is 5.02. The minimum atomic E-state index is -0.193. The lowest BCUT2D eigenvalue weighted by Gasteiger charge is -2.09. The van der Waals surface area contributed by atoms with Crippen LogP contribution in [0.3, 0.4) is 0 Å². The SMILES string of the molecule is O=C(Cc1ccccc1)NC(=S)Nc1ccc2oc(-c3ccc(O)c(Br)c3)nc2c1. The molecule has 0 atom stereocenters. The number of thiocarbonyl (C=S) groups is 1. The molecule has 0 bridgehead atoms. The Balaban J connectivity index is 1.45. The number of anilines is 1. The molecule has 30 heavy (non-hydrogen) atoms. The van der Waals surface area contributed by atoms with Gasteiger partial charge < -0.3 is 20.2 Å². The number of hydrogen-bond donors (Lipinski definition) is 3. The highest BCUT2D eigenvalue weighted by Crippen LogP contribution is 2.31. The molecule has 4 aromatic rings. The van der Waals surface area contributed by atoms with Gasteiger partial charge in [-0.25, -0.2) is 4.98 Å². The summed E-state index contributed by atoms with van der Waals surface area (Å²) in [6, 6.07) is 19.8. The van der Waals surface area contributed by atoms with Gasteiger partial charge >= 0.3 is 0 Å². The van der Waals surface area contributed by atoms with Gasteiger partial charge in [0.25, 0.3) is 0 Å². The van der Waals surface area contributed by atoms with Crippen LogP contribution in [0, 0.1) is 0 Å². The number of carbonyl (C=O) groups excluding carboxylic acids is 1. The van der Waals surface area contributed by atoms with Crippen LogP contribution in [0.5, 0.6) is 5.75 Å². The van der Waals surface area contributed by atoms with E-state index in [0.717, 1.165) is 11.1 Å². The summed E-state index contributed by atoms with van der Waals surface area (Å²) >= 11 is 8.53. The van der Waals surface area contributed by atoms with Gasteiger partial charge in [-0.1, -0.05) is 30.3 Å². The predicted molar refractivity (Wildman–Crippen MR) is 123 cm³/mol. The van der Waals surface area contributed by atoms with E-state index in [-0.39, 0.29) is 23.2 Å². The number of aromatic nitrogens is 1. The van der Waals surface area contributed by atoms with Crippen molar-refractivity contribution >= 4 is 56.0 Å². The number of halogens is 1. The third-order valence-electron chi connectivity index (χ3n) is 4.30. The normalized spacial score (nSPS) is 10.7. The first-order valence-corrected chi connectivity index (χ1v) is 10.2. The van der Waals surface area contributed by atoms with Gasteiger partial charge in [0.15, 0.2) is 10.7 Å². The number of fused-ring (bicyclic) bond motifs is 1. The summed E-state index contributed by atoms with van der Waals surface area (Å²) in [5, 5.41) is 15.5. The summed E-state index contributed by atoms with van der Waals surface area (Å²) in [4.78, 5) is 16.6. The fourth-order valence-electron chi connectivity index (χ4n) is 2.88. The van der Waals surface area contributed by atoms with Gasteiger partial charge in [-0.05, 0) is 70.1 Å². The summed E-state index contributed by atoms with van der Waals surface area (Å²) in [6.07, 6.45) is 0.247. The maximum Gasteiger partial charge on any atom is 0.230 e. The molecular formula is C22H16BrN3O3S. The third kappa shape index (κ3) is 4.67. The first-order valence-electron chi connectivity index (χ1n) is 9.02. The molecule has 3 aromatic carbocycles. The van der Waals surface area contributed by atoms with E-state index in [2.05, 4.69) is 31.5 Å². The Morgan fingerprint density at radius 1 is 1.10 bits per heavy atom. The van der Waals surface area contributed by atoms with Gasteiger partial charge in [0, 0.05) is 11.3 Å². The van der Waals surface area contributed by atoms with Gasteiger partial charge in [0.1, 0.15) is 11.3 Å². The quantitative estimate of drug-likeness (QED) is 0.354. The number of oxazole rings is 1. The van der Waals surface area contributed by atoms with Crippen LogP contribution in [0.1, 0.15) is 5.56 Å². The van der Waals surface area contributed by atoms with Gasteiger partial charge in [0.2, 0.25) is 11.8 Å². The summed E-state index contributed by atoms with van der Waals surface area (Å²) in [5.74, 6) is 0.382. The molecule has 0 fully saturated rings. The van der Waals surface area contributed by atoms with Crippen molar-refractivity contribution in [3.05, 3.63) is 76.8 Å². The first kappa shape index (κ1) is 20.1. The topological polar surface area (TPSA) is 87.4 Å². The summed E-state index contributed by atoms with van der Waals surface area (Å²) in [5.41, 5.74) is 3.57. The van der Waals surface area contributed by atoms with Crippen LogP contribution in [0.15, 0.2) is 75.6 Å². The number of hydrogen-bond acceptors (Lipinski definition) is 5.